The zero-order valence-corrected chi connectivity index (χ0v) is 7.38. The van der Waals surface area contributed by atoms with Gasteiger partial charge in [0.15, 0.2) is 0 Å². The Balaban J connectivity index is 1.80. The van der Waals surface area contributed by atoms with Crippen molar-refractivity contribution >= 4 is 5.91 Å². The summed E-state index contributed by atoms with van der Waals surface area (Å²) in [6, 6.07) is 0.262. The van der Waals surface area contributed by atoms with E-state index in [1.807, 2.05) is 6.92 Å². The van der Waals surface area contributed by atoms with Crippen molar-refractivity contribution in [3.63, 3.8) is 0 Å². The highest BCUT2D eigenvalue weighted by Crippen LogP contribution is 2.29. The summed E-state index contributed by atoms with van der Waals surface area (Å²) in [7, 11) is 0. The first-order valence-corrected chi connectivity index (χ1v) is 4.69. The molecule has 3 nitrogen and oxygen atoms in total. The molecule has 2 fully saturated rings. The van der Waals surface area contributed by atoms with Crippen LogP contribution in [0.15, 0.2) is 0 Å². The van der Waals surface area contributed by atoms with E-state index in [0.29, 0.717) is 5.92 Å². The Morgan fingerprint density at radius 1 is 1.42 bits per heavy atom. The zero-order chi connectivity index (χ0) is 8.55. The van der Waals surface area contributed by atoms with E-state index in [4.69, 9.17) is 4.74 Å². The van der Waals surface area contributed by atoms with Crippen LogP contribution in [0, 0.1) is 5.92 Å². The zero-order valence-electron chi connectivity index (χ0n) is 7.38. The van der Waals surface area contributed by atoms with Crippen LogP contribution in [0.4, 0.5) is 0 Å². The number of rotatable bonds is 2. The lowest BCUT2D eigenvalue weighted by Gasteiger charge is -2.15. The van der Waals surface area contributed by atoms with Crippen LogP contribution in [0.2, 0.25) is 0 Å². The largest absolute Gasteiger partial charge is 0.376 e. The molecule has 0 aromatic rings. The number of hydrogen-bond acceptors (Lipinski definition) is 2. The van der Waals surface area contributed by atoms with E-state index in [2.05, 4.69) is 5.32 Å². The molecule has 3 heteroatoms. The van der Waals surface area contributed by atoms with Crippen molar-refractivity contribution in [2.75, 3.05) is 6.61 Å². The standard InChI is InChI=1S/C9H15NO2/c1-6-8(4-5-12-6)10-9(11)7-2-3-7/h6-8H,2-5H2,1H3,(H,10,11)/t6-,8-/m1/s1. The van der Waals surface area contributed by atoms with Gasteiger partial charge in [0.25, 0.3) is 0 Å². The monoisotopic (exact) mass is 169 g/mol. The molecule has 2 aliphatic rings. The molecule has 68 valence electrons. The summed E-state index contributed by atoms with van der Waals surface area (Å²) in [6.07, 6.45) is 3.33. The molecular weight excluding hydrogens is 154 g/mol. The highest BCUT2D eigenvalue weighted by Gasteiger charge is 2.33. The number of carbonyl (C=O) groups excluding carboxylic acids is 1. The number of carbonyl (C=O) groups is 1. The van der Waals surface area contributed by atoms with Crippen LogP contribution in [-0.4, -0.2) is 24.7 Å². The van der Waals surface area contributed by atoms with Gasteiger partial charge in [0.2, 0.25) is 5.91 Å². The molecule has 1 amide bonds. The van der Waals surface area contributed by atoms with Crippen molar-refractivity contribution in [2.45, 2.75) is 38.3 Å². The van der Waals surface area contributed by atoms with Gasteiger partial charge in [0, 0.05) is 12.5 Å². The van der Waals surface area contributed by atoms with Crippen molar-refractivity contribution in [1.82, 2.24) is 5.32 Å². The lowest BCUT2D eigenvalue weighted by Crippen LogP contribution is -2.39. The molecule has 1 saturated heterocycles. The second-order valence-electron chi connectivity index (χ2n) is 3.75. The fourth-order valence-corrected chi connectivity index (χ4v) is 1.57. The molecule has 1 heterocycles. The van der Waals surface area contributed by atoms with Gasteiger partial charge in [-0.05, 0) is 26.2 Å². The maximum Gasteiger partial charge on any atom is 0.223 e. The lowest BCUT2D eigenvalue weighted by atomic mass is 10.1. The third-order valence-electron chi connectivity index (χ3n) is 2.65. The van der Waals surface area contributed by atoms with Crippen LogP contribution < -0.4 is 5.32 Å². The van der Waals surface area contributed by atoms with Crippen molar-refractivity contribution in [2.24, 2.45) is 5.92 Å². The molecule has 1 saturated carbocycles. The minimum atomic E-state index is 0.202. The Morgan fingerprint density at radius 3 is 2.67 bits per heavy atom. The molecule has 1 aliphatic heterocycles. The van der Waals surface area contributed by atoms with Crippen molar-refractivity contribution in [3.8, 4) is 0 Å². The smallest absolute Gasteiger partial charge is 0.223 e. The van der Waals surface area contributed by atoms with Crippen LogP contribution in [0.1, 0.15) is 26.2 Å². The van der Waals surface area contributed by atoms with Gasteiger partial charge in [-0.2, -0.15) is 0 Å². The molecule has 0 aromatic heterocycles. The Labute approximate surface area is 72.5 Å². The number of hydrogen-bond donors (Lipinski definition) is 1. The van der Waals surface area contributed by atoms with Gasteiger partial charge in [-0.25, -0.2) is 0 Å². The maximum atomic E-state index is 11.3. The lowest BCUT2D eigenvalue weighted by molar-refractivity contribution is -0.123. The average molecular weight is 169 g/mol. The predicted octanol–water partition coefficient (Wildman–Crippen LogP) is 0.690. The quantitative estimate of drug-likeness (QED) is 0.660. The average Bonchev–Trinajstić information content (AvgIpc) is 2.80. The van der Waals surface area contributed by atoms with Gasteiger partial charge < -0.3 is 10.1 Å². The normalized spacial score (nSPS) is 35.1. The summed E-state index contributed by atoms with van der Waals surface area (Å²) in [6.45, 7) is 2.81. The van der Waals surface area contributed by atoms with Crippen molar-refractivity contribution in [1.29, 1.82) is 0 Å². The topological polar surface area (TPSA) is 38.3 Å². The predicted molar refractivity (Wildman–Crippen MR) is 44.7 cm³/mol. The van der Waals surface area contributed by atoms with Gasteiger partial charge in [0.05, 0.1) is 12.1 Å². The summed E-state index contributed by atoms with van der Waals surface area (Å²) in [4.78, 5) is 11.3. The summed E-state index contributed by atoms with van der Waals surface area (Å²) in [5, 5.41) is 3.03. The summed E-state index contributed by atoms with van der Waals surface area (Å²) in [5.74, 6) is 0.551. The van der Waals surface area contributed by atoms with Crippen LogP contribution in [0.5, 0.6) is 0 Å². The van der Waals surface area contributed by atoms with Crippen LogP contribution in [0.3, 0.4) is 0 Å². The van der Waals surface area contributed by atoms with E-state index in [-0.39, 0.29) is 18.1 Å². The van der Waals surface area contributed by atoms with Crippen LogP contribution in [0.25, 0.3) is 0 Å². The van der Waals surface area contributed by atoms with E-state index in [9.17, 15) is 4.79 Å². The van der Waals surface area contributed by atoms with Gasteiger partial charge in [-0.1, -0.05) is 0 Å². The SMILES string of the molecule is C[C@H]1OCC[C@H]1NC(=O)C1CC1. The van der Waals surface area contributed by atoms with E-state index in [1.54, 1.807) is 0 Å². The Bertz CT molecular complexity index is 189. The third kappa shape index (κ3) is 1.61. The number of ether oxygens (including phenoxy) is 1. The maximum absolute atomic E-state index is 11.3. The molecule has 1 aliphatic carbocycles. The van der Waals surface area contributed by atoms with Crippen LogP contribution >= 0.6 is 0 Å². The summed E-state index contributed by atoms with van der Waals surface area (Å²) >= 11 is 0. The Hall–Kier alpha value is -0.570. The minimum Gasteiger partial charge on any atom is -0.376 e. The molecule has 0 spiro atoms. The molecule has 2 atom stereocenters. The number of nitrogens with one attached hydrogen (secondary N) is 1. The second kappa shape index (κ2) is 3.05. The fraction of sp³-hybridized carbons (Fsp3) is 0.889. The molecule has 0 radical (unpaired) electrons. The molecular formula is C9H15NO2. The van der Waals surface area contributed by atoms with Crippen LogP contribution in [-0.2, 0) is 9.53 Å². The van der Waals surface area contributed by atoms with Gasteiger partial charge in [0.1, 0.15) is 0 Å². The molecule has 2 rings (SSSR count). The Morgan fingerprint density at radius 2 is 2.17 bits per heavy atom. The van der Waals surface area contributed by atoms with Gasteiger partial charge in [-0.15, -0.1) is 0 Å². The Kier molecular flexibility index (Phi) is 2.05. The molecule has 0 aromatic carbocycles. The van der Waals surface area contributed by atoms with E-state index < -0.39 is 0 Å². The van der Waals surface area contributed by atoms with E-state index in [0.717, 1.165) is 25.9 Å². The van der Waals surface area contributed by atoms with Crippen molar-refractivity contribution < 1.29 is 9.53 Å². The summed E-state index contributed by atoms with van der Waals surface area (Å²) in [5.41, 5.74) is 0. The highest BCUT2D eigenvalue weighted by atomic mass is 16.5. The first kappa shape index (κ1) is 8.05. The third-order valence-corrected chi connectivity index (χ3v) is 2.65. The van der Waals surface area contributed by atoms with Gasteiger partial charge in [-0.3, -0.25) is 4.79 Å². The first-order chi connectivity index (χ1) is 5.77. The number of amides is 1. The molecule has 12 heavy (non-hydrogen) atoms. The molecule has 0 unspecified atom stereocenters. The highest BCUT2D eigenvalue weighted by molar-refractivity contribution is 5.81. The fourth-order valence-electron chi connectivity index (χ4n) is 1.57. The van der Waals surface area contributed by atoms with E-state index >= 15 is 0 Å². The second-order valence-corrected chi connectivity index (χ2v) is 3.75. The summed E-state index contributed by atoms with van der Waals surface area (Å²) < 4.78 is 5.35. The van der Waals surface area contributed by atoms with Gasteiger partial charge >= 0.3 is 0 Å². The minimum absolute atomic E-state index is 0.202. The van der Waals surface area contributed by atoms with Crippen molar-refractivity contribution in [3.05, 3.63) is 0 Å². The molecule has 1 N–H and O–H groups in total. The first-order valence-electron chi connectivity index (χ1n) is 4.69. The van der Waals surface area contributed by atoms with E-state index in [1.165, 1.54) is 0 Å². The molecule has 0 bridgehead atoms.